The Morgan fingerprint density at radius 3 is 3.06 bits per heavy atom. The summed E-state index contributed by atoms with van der Waals surface area (Å²) in [4.78, 5) is 20.0. The summed E-state index contributed by atoms with van der Waals surface area (Å²) >= 11 is 7.50. The van der Waals surface area contributed by atoms with Gasteiger partial charge in [-0.2, -0.15) is 0 Å². The highest BCUT2D eigenvalue weighted by atomic mass is 35.5. The normalized spacial score (nSPS) is 10.4. The lowest BCUT2D eigenvalue weighted by Crippen LogP contribution is -2.11. The molecule has 4 nitrogen and oxygen atoms in total. The second kappa shape index (κ2) is 4.67. The smallest absolute Gasteiger partial charge is 0.271 e. The molecule has 6 heteroatoms. The number of H-pyrrole nitrogens is 1. The van der Waals surface area contributed by atoms with Crippen LogP contribution in [0.1, 0.15) is 9.75 Å². The molecule has 84 valence electrons. The molecule has 0 saturated heterocycles. The quantitative estimate of drug-likeness (QED) is 0.886. The Hall–Kier alpha value is -1.33. The first-order valence-electron chi connectivity index (χ1n) is 4.69. The maximum atomic E-state index is 11.2. The molecule has 0 aliphatic rings. The third-order valence-corrected chi connectivity index (χ3v) is 3.37. The number of thiophene rings is 1. The average molecular weight is 256 g/mol. The van der Waals surface area contributed by atoms with Crippen LogP contribution < -0.4 is 10.9 Å². The number of nitrogens with zero attached hydrogens (tertiary/aromatic N) is 1. The molecule has 2 aromatic rings. The second-order valence-corrected chi connectivity index (χ2v) is 5.01. The first-order chi connectivity index (χ1) is 7.66. The number of aromatic amines is 1. The Kier molecular flexibility index (Phi) is 3.26. The van der Waals surface area contributed by atoms with Crippen LogP contribution in [0.5, 0.6) is 0 Å². The van der Waals surface area contributed by atoms with Gasteiger partial charge < -0.3 is 10.3 Å². The van der Waals surface area contributed by atoms with Gasteiger partial charge in [-0.25, -0.2) is 4.98 Å². The van der Waals surface area contributed by atoms with E-state index in [0.717, 1.165) is 0 Å². The number of nitrogens with one attached hydrogen (secondary N) is 2. The van der Waals surface area contributed by atoms with E-state index in [9.17, 15) is 4.79 Å². The molecule has 0 amide bonds. The Labute approximate surface area is 101 Å². The van der Waals surface area contributed by atoms with Crippen molar-refractivity contribution < 1.29 is 0 Å². The van der Waals surface area contributed by atoms with E-state index >= 15 is 0 Å². The lowest BCUT2D eigenvalue weighted by atomic mass is 10.4. The maximum absolute atomic E-state index is 11.2. The monoisotopic (exact) mass is 255 g/mol. The Bertz CT molecular complexity index is 549. The van der Waals surface area contributed by atoms with E-state index in [0.29, 0.717) is 12.4 Å². The van der Waals surface area contributed by atoms with Gasteiger partial charge in [0.25, 0.3) is 5.56 Å². The van der Waals surface area contributed by atoms with Gasteiger partial charge in [0.15, 0.2) is 5.82 Å². The highest BCUT2D eigenvalue weighted by Gasteiger charge is 2.05. The van der Waals surface area contributed by atoms with E-state index in [1.54, 1.807) is 11.3 Å². The summed E-state index contributed by atoms with van der Waals surface area (Å²) in [6.45, 7) is 2.67. The molecule has 2 heterocycles. The predicted octanol–water partition coefficient (Wildman–Crippen LogP) is 2.41. The number of aromatic nitrogens is 2. The molecule has 2 N–H and O–H groups in total. The summed E-state index contributed by atoms with van der Waals surface area (Å²) in [5.74, 6) is 0.413. The zero-order valence-corrected chi connectivity index (χ0v) is 10.2. The van der Waals surface area contributed by atoms with Crippen molar-refractivity contribution in [1.82, 2.24) is 9.97 Å². The minimum absolute atomic E-state index is 0.0933. The third-order valence-electron chi connectivity index (χ3n) is 2.02. The molecular weight excluding hydrogens is 246 g/mol. The van der Waals surface area contributed by atoms with Crippen molar-refractivity contribution in [3.8, 4) is 0 Å². The Balaban J connectivity index is 2.10. The fourth-order valence-electron chi connectivity index (χ4n) is 1.26. The first-order valence-corrected chi connectivity index (χ1v) is 5.88. The van der Waals surface area contributed by atoms with Crippen LogP contribution in [0.3, 0.4) is 0 Å². The summed E-state index contributed by atoms with van der Waals surface area (Å²) in [6.07, 6.45) is 1.33. The minimum Gasteiger partial charge on any atom is -0.364 e. The van der Waals surface area contributed by atoms with Crippen LogP contribution in [0, 0.1) is 6.92 Å². The van der Waals surface area contributed by atoms with Gasteiger partial charge in [-0.1, -0.05) is 11.6 Å². The molecule has 0 saturated carbocycles. The fourth-order valence-corrected chi connectivity index (χ4v) is 2.26. The van der Waals surface area contributed by atoms with E-state index in [1.165, 1.54) is 16.1 Å². The summed E-state index contributed by atoms with van der Waals surface area (Å²) in [5.41, 5.74) is -0.332. The van der Waals surface area contributed by atoms with Crippen LogP contribution in [0.15, 0.2) is 23.3 Å². The maximum Gasteiger partial charge on any atom is 0.271 e. The first kappa shape index (κ1) is 11.2. The summed E-state index contributed by atoms with van der Waals surface area (Å²) in [5, 5.41) is 3.12. The number of hydrogen-bond donors (Lipinski definition) is 2. The number of rotatable bonds is 3. The van der Waals surface area contributed by atoms with Crippen molar-refractivity contribution in [1.29, 1.82) is 0 Å². The van der Waals surface area contributed by atoms with Crippen LogP contribution in [-0.4, -0.2) is 9.97 Å². The average Bonchev–Trinajstić information content (AvgIpc) is 2.67. The molecule has 0 aliphatic carbocycles. The van der Waals surface area contributed by atoms with Crippen LogP contribution in [0.25, 0.3) is 0 Å². The third kappa shape index (κ3) is 2.43. The van der Waals surface area contributed by atoms with Gasteiger partial charge in [0.1, 0.15) is 5.02 Å². The van der Waals surface area contributed by atoms with Crippen LogP contribution in [0.2, 0.25) is 5.02 Å². The van der Waals surface area contributed by atoms with Crippen molar-refractivity contribution in [3.63, 3.8) is 0 Å². The zero-order valence-electron chi connectivity index (χ0n) is 8.58. The van der Waals surface area contributed by atoms with E-state index < -0.39 is 0 Å². The lowest BCUT2D eigenvalue weighted by Gasteiger charge is -2.04. The molecule has 0 fully saturated rings. The number of hydrogen-bond acceptors (Lipinski definition) is 4. The number of anilines is 1. The largest absolute Gasteiger partial charge is 0.364 e. The molecule has 16 heavy (non-hydrogen) atoms. The number of halogens is 1. The van der Waals surface area contributed by atoms with Crippen molar-refractivity contribution in [2.75, 3.05) is 5.32 Å². The molecule has 0 spiro atoms. The summed E-state index contributed by atoms with van der Waals surface area (Å²) in [7, 11) is 0. The minimum atomic E-state index is -0.332. The second-order valence-electron chi connectivity index (χ2n) is 3.26. The van der Waals surface area contributed by atoms with Crippen molar-refractivity contribution in [2.45, 2.75) is 13.5 Å². The van der Waals surface area contributed by atoms with Gasteiger partial charge in [0, 0.05) is 9.75 Å². The van der Waals surface area contributed by atoms with Gasteiger partial charge in [-0.15, -0.1) is 11.3 Å². The molecular formula is C10H10ClN3OS. The fraction of sp³-hybridized carbons (Fsp3) is 0.200. The van der Waals surface area contributed by atoms with Gasteiger partial charge in [0.2, 0.25) is 0 Å². The summed E-state index contributed by atoms with van der Waals surface area (Å²) < 4.78 is 0. The summed E-state index contributed by atoms with van der Waals surface area (Å²) in [6, 6.07) is 4.09. The molecule has 2 rings (SSSR count). The SMILES string of the molecule is Cc1ccc(CNc2nc[nH]c(=O)c2Cl)s1. The van der Waals surface area contributed by atoms with Crippen LogP contribution in [0.4, 0.5) is 5.82 Å². The van der Waals surface area contributed by atoms with E-state index in [4.69, 9.17) is 11.6 Å². The van der Waals surface area contributed by atoms with Crippen molar-refractivity contribution in [3.05, 3.63) is 43.6 Å². The van der Waals surface area contributed by atoms with Gasteiger partial charge in [0.05, 0.1) is 12.9 Å². The van der Waals surface area contributed by atoms with Gasteiger partial charge in [-0.3, -0.25) is 4.79 Å². The Morgan fingerprint density at radius 1 is 1.56 bits per heavy atom. The molecule has 0 bridgehead atoms. The standard InChI is InChI=1S/C10H10ClN3OS/c1-6-2-3-7(16-6)4-12-9-8(11)10(15)14-5-13-9/h2-3,5H,4H2,1H3,(H2,12,13,14,15). The number of aryl methyl sites for hydroxylation is 1. The topological polar surface area (TPSA) is 57.8 Å². The predicted molar refractivity (Wildman–Crippen MR) is 66.3 cm³/mol. The molecule has 0 unspecified atom stereocenters. The van der Waals surface area contributed by atoms with Gasteiger partial charge in [-0.05, 0) is 19.1 Å². The molecule has 0 aromatic carbocycles. The highest BCUT2D eigenvalue weighted by Crippen LogP contribution is 2.18. The Morgan fingerprint density at radius 2 is 2.38 bits per heavy atom. The zero-order chi connectivity index (χ0) is 11.5. The van der Waals surface area contributed by atoms with E-state index in [-0.39, 0.29) is 10.6 Å². The highest BCUT2D eigenvalue weighted by molar-refractivity contribution is 7.11. The lowest BCUT2D eigenvalue weighted by molar-refractivity contribution is 1.07. The molecule has 0 aliphatic heterocycles. The van der Waals surface area contributed by atoms with Crippen molar-refractivity contribution >= 4 is 28.8 Å². The van der Waals surface area contributed by atoms with E-state index in [2.05, 4.69) is 21.4 Å². The molecule has 2 aromatic heterocycles. The molecule has 0 atom stereocenters. The van der Waals surface area contributed by atoms with E-state index in [1.807, 2.05) is 13.0 Å². The van der Waals surface area contributed by atoms with Crippen LogP contribution >= 0.6 is 22.9 Å². The van der Waals surface area contributed by atoms with Crippen LogP contribution in [-0.2, 0) is 6.54 Å². The van der Waals surface area contributed by atoms with Crippen molar-refractivity contribution in [2.24, 2.45) is 0 Å². The van der Waals surface area contributed by atoms with Gasteiger partial charge >= 0.3 is 0 Å². The molecule has 0 radical (unpaired) electrons.